The lowest BCUT2D eigenvalue weighted by Crippen LogP contribution is -2.17. The molecule has 1 aromatic heterocycles. The number of nitrogens with zero attached hydrogens (tertiary/aromatic N) is 3. The van der Waals surface area contributed by atoms with Crippen molar-refractivity contribution in [3.05, 3.63) is 47.3 Å². The average molecular weight is 396 g/mol. The number of carbonyl (C=O) groups is 1. The maximum Gasteiger partial charge on any atom is 0.271 e. The zero-order valence-electron chi connectivity index (χ0n) is 17.1. The highest BCUT2D eigenvalue weighted by atomic mass is 16.5. The zero-order chi connectivity index (χ0) is 21.0. The van der Waals surface area contributed by atoms with Gasteiger partial charge < -0.3 is 18.8 Å². The summed E-state index contributed by atoms with van der Waals surface area (Å²) in [6, 6.07) is 8.84. The van der Waals surface area contributed by atoms with Gasteiger partial charge >= 0.3 is 0 Å². The summed E-state index contributed by atoms with van der Waals surface area (Å²) < 4.78 is 18.1. The SMILES string of the molecule is CCn1c(C)nc2cc(C(=O)N/N=C/c3c(OC)cc(OC)cc3OC)ccc21. The number of nitrogens with one attached hydrogen (secondary N) is 1. The molecule has 0 spiro atoms. The minimum absolute atomic E-state index is 0.335. The predicted molar refractivity (Wildman–Crippen MR) is 111 cm³/mol. The van der Waals surface area contributed by atoms with Gasteiger partial charge in [0.1, 0.15) is 23.1 Å². The van der Waals surface area contributed by atoms with Crippen molar-refractivity contribution < 1.29 is 19.0 Å². The molecule has 3 rings (SSSR count). The highest BCUT2D eigenvalue weighted by molar-refractivity contribution is 5.98. The molecule has 0 unspecified atom stereocenters. The Balaban J connectivity index is 1.82. The number of fused-ring (bicyclic) bond motifs is 1. The van der Waals surface area contributed by atoms with Crippen LogP contribution in [0.4, 0.5) is 0 Å². The molecule has 0 aliphatic rings. The fourth-order valence-corrected chi connectivity index (χ4v) is 3.17. The first-order chi connectivity index (χ1) is 14.0. The van der Waals surface area contributed by atoms with Crippen molar-refractivity contribution in [2.75, 3.05) is 21.3 Å². The summed E-state index contributed by atoms with van der Waals surface area (Å²) in [4.78, 5) is 17.0. The van der Waals surface area contributed by atoms with E-state index in [9.17, 15) is 4.79 Å². The smallest absolute Gasteiger partial charge is 0.271 e. The molecule has 0 bridgehead atoms. The van der Waals surface area contributed by atoms with E-state index in [1.165, 1.54) is 20.4 Å². The highest BCUT2D eigenvalue weighted by Crippen LogP contribution is 2.32. The Morgan fingerprint density at radius 1 is 1.14 bits per heavy atom. The van der Waals surface area contributed by atoms with Crippen LogP contribution in [0.25, 0.3) is 11.0 Å². The van der Waals surface area contributed by atoms with Crippen molar-refractivity contribution in [1.82, 2.24) is 15.0 Å². The van der Waals surface area contributed by atoms with Gasteiger partial charge in [-0.1, -0.05) is 0 Å². The van der Waals surface area contributed by atoms with E-state index in [-0.39, 0.29) is 5.91 Å². The van der Waals surface area contributed by atoms with E-state index in [1.54, 1.807) is 31.4 Å². The molecule has 1 amide bonds. The Morgan fingerprint density at radius 3 is 2.41 bits per heavy atom. The molecule has 29 heavy (non-hydrogen) atoms. The standard InChI is InChI=1S/C21H24N4O4/c1-6-25-13(2)23-17-9-14(7-8-18(17)25)21(26)24-22-12-16-19(28-4)10-15(27-3)11-20(16)29-5/h7-12H,6H2,1-5H3,(H,24,26)/b22-12+. The minimum atomic E-state index is -0.335. The van der Waals surface area contributed by atoms with Crippen LogP contribution < -0.4 is 19.6 Å². The van der Waals surface area contributed by atoms with Crippen LogP contribution in [0.5, 0.6) is 17.2 Å². The Kier molecular flexibility index (Phi) is 6.01. The molecular weight excluding hydrogens is 372 g/mol. The average Bonchev–Trinajstić information content (AvgIpc) is 3.07. The molecule has 1 N–H and O–H groups in total. The molecule has 3 aromatic rings. The van der Waals surface area contributed by atoms with Gasteiger partial charge in [0.15, 0.2) is 0 Å². The van der Waals surface area contributed by atoms with Gasteiger partial charge in [0, 0.05) is 24.2 Å². The van der Waals surface area contributed by atoms with E-state index in [0.29, 0.717) is 28.4 Å². The Labute approximate surface area is 169 Å². The van der Waals surface area contributed by atoms with Crippen molar-refractivity contribution in [2.24, 2.45) is 5.10 Å². The van der Waals surface area contributed by atoms with Gasteiger partial charge in [0.05, 0.1) is 44.1 Å². The van der Waals surface area contributed by atoms with Gasteiger partial charge in [-0.15, -0.1) is 0 Å². The fourth-order valence-electron chi connectivity index (χ4n) is 3.17. The lowest BCUT2D eigenvalue weighted by Gasteiger charge is -2.12. The van der Waals surface area contributed by atoms with Crippen LogP contribution in [0.3, 0.4) is 0 Å². The number of hydrogen-bond donors (Lipinski definition) is 1. The maximum atomic E-state index is 12.5. The summed E-state index contributed by atoms with van der Waals surface area (Å²) in [7, 11) is 4.64. The van der Waals surface area contributed by atoms with Gasteiger partial charge in [-0.05, 0) is 32.0 Å². The van der Waals surface area contributed by atoms with Crippen LogP contribution in [0.15, 0.2) is 35.4 Å². The van der Waals surface area contributed by atoms with Gasteiger partial charge in [-0.3, -0.25) is 4.79 Å². The molecule has 8 nitrogen and oxygen atoms in total. The van der Waals surface area contributed by atoms with Crippen LogP contribution in [-0.2, 0) is 6.54 Å². The molecule has 0 atom stereocenters. The summed E-state index contributed by atoms with van der Waals surface area (Å²) in [6.45, 7) is 4.83. The molecule has 0 saturated heterocycles. The fraction of sp³-hybridized carbons (Fsp3) is 0.286. The van der Waals surface area contributed by atoms with Gasteiger partial charge in [-0.25, -0.2) is 10.4 Å². The van der Waals surface area contributed by atoms with E-state index < -0.39 is 0 Å². The summed E-state index contributed by atoms with van der Waals surface area (Å²) in [6.07, 6.45) is 1.48. The van der Waals surface area contributed by atoms with E-state index in [1.807, 2.05) is 13.0 Å². The second kappa shape index (κ2) is 8.64. The molecule has 0 saturated carbocycles. The molecule has 152 valence electrons. The third-order valence-electron chi connectivity index (χ3n) is 4.63. The van der Waals surface area contributed by atoms with Crippen LogP contribution >= 0.6 is 0 Å². The van der Waals surface area contributed by atoms with Crippen molar-refractivity contribution in [1.29, 1.82) is 0 Å². The lowest BCUT2D eigenvalue weighted by atomic mass is 10.2. The second-order valence-corrected chi connectivity index (χ2v) is 6.25. The summed E-state index contributed by atoms with van der Waals surface area (Å²) in [5.74, 6) is 2.20. The number of ether oxygens (including phenoxy) is 3. The molecule has 2 aromatic carbocycles. The Bertz CT molecular complexity index is 1050. The Morgan fingerprint density at radius 2 is 1.83 bits per heavy atom. The number of carbonyl (C=O) groups excluding carboxylic acids is 1. The van der Waals surface area contributed by atoms with Gasteiger partial charge in [0.2, 0.25) is 0 Å². The number of imidazole rings is 1. The first kappa shape index (κ1) is 20.2. The van der Waals surface area contributed by atoms with Crippen LogP contribution in [-0.4, -0.2) is 43.0 Å². The first-order valence-corrected chi connectivity index (χ1v) is 9.12. The van der Waals surface area contributed by atoms with Crippen molar-refractivity contribution in [2.45, 2.75) is 20.4 Å². The van der Waals surface area contributed by atoms with Crippen molar-refractivity contribution in [3.63, 3.8) is 0 Å². The predicted octanol–water partition coefficient (Wildman–Crippen LogP) is 3.15. The molecule has 0 aliphatic heterocycles. The summed E-state index contributed by atoms with van der Waals surface area (Å²) in [5.41, 5.74) is 5.37. The third-order valence-corrected chi connectivity index (χ3v) is 4.63. The molecule has 1 heterocycles. The Hall–Kier alpha value is -3.55. The second-order valence-electron chi connectivity index (χ2n) is 6.25. The number of benzene rings is 2. The van der Waals surface area contributed by atoms with Crippen molar-refractivity contribution in [3.8, 4) is 17.2 Å². The number of aryl methyl sites for hydroxylation is 2. The first-order valence-electron chi connectivity index (χ1n) is 9.12. The quantitative estimate of drug-likeness (QED) is 0.490. The van der Waals surface area contributed by atoms with Crippen molar-refractivity contribution >= 4 is 23.2 Å². The van der Waals surface area contributed by atoms with Gasteiger partial charge in [-0.2, -0.15) is 5.10 Å². The number of rotatable bonds is 7. The zero-order valence-corrected chi connectivity index (χ0v) is 17.1. The topological polar surface area (TPSA) is 87.0 Å². The van der Waals surface area contributed by atoms with Crippen LogP contribution in [0.2, 0.25) is 0 Å². The molecule has 8 heteroatoms. The summed E-state index contributed by atoms with van der Waals surface area (Å²) >= 11 is 0. The monoisotopic (exact) mass is 396 g/mol. The lowest BCUT2D eigenvalue weighted by molar-refractivity contribution is 0.0955. The summed E-state index contributed by atoms with van der Waals surface area (Å²) in [5, 5.41) is 4.06. The van der Waals surface area contributed by atoms with Crippen LogP contribution in [0.1, 0.15) is 28.7 Å². The third kappa shape index (κ3) is 4.01. The van der Waals surface area contributed by atoms with E-state index >= 15 is 0 Å². The van der Waals surface area contributed by atoms with E-state index in [0.717, 1.165) is 23.4 Å². The van der Waals surface area contributed by atoms with Crippen LogP contribution in [0, 0.1) is 6.92 Å². The number of hydrogen-bond acceptors (Lipinski definition) is 6. The van der Waals surface area contributed by atoms with Gasteiger partial charge in [0.25, 0.3) is 5.91 Å². The highest BCUT2D eigenvalue weighted by Gasteiger charge is 2.13. The minimum Gasteiger partial charge on any atom is -0.496 e. The number of aromatic nitrogens is 2. The molecule has 0 radical (unpaired) electrons. The number of amides is 1. The molecule has 0 fully saturated rings. The van der Waals surface area contributed by atoms with E-state index in [2.05, 4.69) is 27.0 Å². The number of hydrazone groups is 1. The largest absolute Gasteiger partial charge is 0.496 e. The van der Waals surface area contributed by atoms with E-state index in [4.69, 9.17) is 14.2 Å². The molecular formula is C21H24N4O4. The normalized spacial score (nSPS) is 11.1. The maximum absolute atomic E-state index is 12.5. The molecule has 0 aliphatic carbocycles. The number of methoxy groups -OCH3 is 3.